The first-order valence-corrected chi connectivity index (χ1v) is 6.13. The number of hydrogen-bond donors (Lipinski definition) is 2. The lowest BCUT2D eigenvalue weighted by Crippen LogP contribution is -2.19. The molecule has 0 aliphatic rings. The van der Waals surface area contributed by atoms with Gasteiger partial charge in [-0.3, -0.25) is 0 Å². The molecule has 2 amide bonds. The second-order valence-electron chi connectivity index (χ2n) is 3.97. The Morgan fingerprint density at radius 1 is 1.15 bits per heavy atom. The fraction of sp³-hybridized carbons (Fsp3) is 0.0714. The third kappa shape index (κ3) is 3.86. The van der Waals surface area contributed by atoms with E-state index >= 15 is 0 Å². The molecule has 6 heteroatoms. The summed E-state index contributed by atoms with van der Waals surface area (Å²) in [5, 5.41) is 5.54. The summed E-state index contributed by atoms with van der Waals surface area (Å²) >= 11 is 5.89. The second-order valence-corrected chi connectivity index (χ2v) is 4.41. The van der Waals surface area contributed by atoms with Crippen LogP contribution in [0, 0.1) is 5.82 Å². The van der Waals surface area contributed by atoms with Gasteiger partial charge in [-0.1, -0.05) is 17.7 Å². The van der Waals surface area contributed by atoms with Crippen LogP contribution in [-0.2, 0) is 0 Å². The topological polar surface area (TPSA) is 50.4 Å². The molecule has 104 valence electrons. The van der Waals surface area contributed by atoms with Gasteiger partial charge in [0.05, 0.1) is 7.11 Å². The third-order valence-corrected chi connectivity index (χ3v) is 2.67. The van der Waals surface area contributed by atoms with E-state index in [1.54, 1.807) is 24.3 Å². The average molecular weight is 295 g/mol. The van der Waals surface area contributed by atoms with Gasteiger partial charge in [-0.15, -0.1) is 0 Å². The first kappa shape index (κ1) is 14.1. The predicted octanol–water partition coefficient (Wildman–Crippen LogP) is 4.13. The molecule has 0 aromatic heterocycles. The number of methoxy groups -OCH3 is 1. The molecule has 2 rings (SSSR count). The van der Waals surface area contributed by atoms with Crippen molar-refractivity contribution < 1.29 is 13.9 Å². The summed E-state index contributed by atoms with van der Waals surface area (Å²) in [7, 11) is 1.50. The molecule has 0 aliphatic heterocycles. The van der Waals surface area contributed by atoms with Gasteiger partial charge in [0.1, 0.15) is 11.6 Å². The van der Waals surface area contributed by atoms with Crippen molar-refractivity contribution in [2.75, 3.05) is 17.7 Å². The number of ether oxygens (including phenoxy) is 1. The van der Waals surface area contributed by atoms with Crippen molar-refractivity contribution in [2.45, 2.75) is 0 Å². The number of amides is 2. The van der Waals surface area contributed by atoms with Crippen LogP contribution in [0.4, 0.5) is 20.6 Å². The lowest BCUT2D eigenvalue weighted by Gasteiger charge is -2.09. The largest absolute Gasteiger partial charge is 0.497 e. The number of hydrogen-bond acceptors (Lipinski definition) is 2. The Morgan fingerprint density at radius 2 is 1.90 bits per heavy atom. The number of carbonyl (C=O) groups excluding carboxylic acids is 1. The number of rotatable bonds is 3. The Hall–Kier alpha value is -2.27. The van der Waals surface area contributed by atoms with Crippen LogP contribution in [0.2, 0.25) is 5.02 Å². The Kier molecular flexibility index (Phi) is 4.42. The number of nitrogens with one attached hydrogen (secondary N) is 2. The fourth-order valence-corrected chi connectivity index (χ4v) is 1.84. The number of anilines is 2. The van der Waals surface area contributed by atoms with Crippen molar-refractivity contribution in [3.63, 3.8) is 0 Å². The first-order valence-electron chi connectivity index (χ1n) is 5.75. The number of benzene rings is 2. The van der Waals surface area contributed by atoms with Gasteiger partial charge in [-0.25, -0.2) is 9.18 Å². The molecule has 0 fully saturated rings. The van der Waals surface area contributed by atoms with Gasteiger partial charge >= 0.3 is 6.03 Å². The molecule has 0 saturated heterocycles. The third-order valence-electron chi connectivity index (χ3n) is 2.45. The molecule has 0 saturated carbocycles. The van der Waals surface area contributed by atoms with Crippen molar-refractivity contribution in [2.24, 2.45) is 0 Å². The first-order chi connectivity index (χ1) is 9.56. The van der Waals surface area contributed by atoms with Gasteiger partial charge in [-0.2, -0.15) is 0 Å². The van der Waals surface area contributed by atoms with E-state index in [1.165, 1.54) is 25.3 Å². The Labute approximate surface area is 120 Å². The molecule has 0 bridgehead atoms. The summed E-state index contributed by atoms with van der Waals surface area (Å²) in [6.07, 6.45) is 0. The molecule has 0 radical (unpaired) electrons. The maximum atomic E-state index is 13.0. The molecule has 0 heterocycles. The Morgan fingerprint density at radius 3 is 2.60 bits per heavy atom. The normalized spacial score (nSPS) is 9.95. The summed E-state index contributed by atoms with van der Waals surface area (Å²) in [6.45, 7) is 0. The van der Waals surface area contributed by atoms with Crippen molar-refractivity contribution in [3.8, 4) is 5.75 Å². The summed E-state index contributed by atoms with van der Waals surface area (Å²) in [4.78, 5) is 11.8. The van der Waals surface area contributed by atoms with Crippen LogP contribution < -0.4 is 15.4 Å². The van der Waals surface area contributed by atoms with Gasteiger partial charge in [0.2, 0.25) is 0 Å². The van der Waals surface area contributed by atoms with Crippen molar-refractivity contribution >= 4 is 29.0 Å². The molecule has 0 spiro atoms. The van der Waals surface area contributed by atoms with Crippen molar-refractivity contribution in [3.05, 3.63) is 53.3 Å². The Bertz CT molecular complexity index is 634. The molecule has 4 nitrogen and oxygen atoms in total. The zero-order chi connectivity index (χ0) is 14.5. The summed E-state index contributed by atoms with van der Waals surface area (Å²) in [5.41, 5.74) is 0.833. The number of carbonyl (C=O) groups is 1. The summed E-state index contributed by atoms with van der Waals surface area (Å²) in [6, 6.07) is 9.93. The van der Waals surface area contributed by atoms with E-state index in [0.717, 1.165) is 0 Å². The fourth-order valence-electron chi connectivity index (χ4n) is 1.61. The predicted molar refractivity (Wildman–Crippen MR) is 77.0 cm³/mol. The minimum Gasteiger partial charge on any atom is -0.497 e. The van der Waals surface area contributed by atoms with E-state index in [2.05, 4.69) is 10.6 Å². The van der Waals surface area contributed by atoms with Crippen molar-refractivity contribution in [1.29, 1.82) is 0 Å². The smallest absolute Gasteiger partial charge is 0.323 e. The van der Waals surface area contributed by atoms with Gasteiger partial charge in [0.15, 0.2) is 0 Å². The molecule has 2 aromatic carbocycles. The maximum absolute atomic E-state index is 13.0. The molecule has 20 heavy (non-hydrogen) atoms. The highest BCUT2D eigenvalue weighted by molar-refractivity contribution is 6.31. The highest BCUT2D eigenvalue weighted by Crippen LogP contribution is 2.24. The van der Waals surface area contributed by atoms with Crippen LogP contribution in [0.25, 0.3) is 0 Å². The van der Waals surface area contributed by atoms with E-state index in [4.69, 9.17) is 16.3 Å². The van der Waals surface area contributed by atoms with Crippen LogP contribution in [0.3, 0.4) is 0 Å². The molecular weight excluding hydrogens is 283 g/mol. The van der Waals surface area contributed by atoms with Gasteiger partial charge in [-0.05, 0) is 30.3 Å². The van der Waals surface area contributed by atoms with E-state index < -0.39 is 11.8 Å². The van der Waals surface area contributed by atoms with E-state index in [1.807, 2.05) is 0 Å². The maximum Gasteiger partial charge on any atom is 0.323 e. The number of halogens is 2. The van der Waals surface area contributed by atoms with Crippen LogP contribution in [0.15, 0.2) is 42.5 Å². The van der Waals surface area contributed by atoms with Gasteiger partial charge < -0.3 is 15.4 Å². The summed E-state index contributed by atoms with van der Waals surface area (Å²) in [5.74, 6) is 0.103. The van der Waals surface area contributed by atoms with Crippen LogP contribution in [-0.4, -0.2) is 13.1 Å². The zero-order valence-electron chi connectivity index (χ0n) is 10.6. The van der Waals surface area contributed by atoms with E-state index in [0.29, 0.717) is 22.1 Å². The molecule has 0 unspecified atom stereocenters. The minimum absolute atomic E-state index is 0.358. The van der Waals surface area contributed by atoms with E-state index in [9.17, 15) is 9.18 Å². The standard InChI is InChI=1S/C14H12ClFN2O2/c1-20-13-6-9(15)5-12(8-13)18-14(19)17-11-4-2-3-10(16)7-11/h2-8H,1H3,(H2,17,18,19). The molecule has 2 aromatic rings. The summed E-state index contributed by atoms with van der Waals surface area (Å²) < 4.78 is 18.0. The van der Waals surface area contributed by atoms with Crippen LogP contribution in [0.1, 0.15) is 0 Å². The Balaban J connectivity index is 2.06. The van der Waals surface area contributed by atoms with Crippen molar-refractivity contribution in [1.82, 2.24) is 0 Å². The minimum atomic E-state index is -0.500. The lowest BCUT2D eigenvalue weighted by molar-refractivity contribution is 0.262. The molecule has 0 atom stereocenters. The average Bonchev–Trinajstić information content (AvgIpc) is 2.37. The second kappa shape index (κ2) is 6.25. The number of urea groups is 1. The SMILES string of the molecule is COc1cc(Cl)cc(NC(=O)Nc2cccc(F)c2)c1. The lowest BCUT2D eigenvalue weighted by atomic mass is 10.3. The van der Waals surface area contributed by atoms with E-state index in [-0.39, 0.29) is 0 Å². The van der Waals surface area contributed by atoms with Gasteiger partial charge in [0.25, 0.3) is 0 Å². The molecule has 2 N–H and O–H groups in total. The highest BCUT2D eigenvalue weighted by atomic mass is 35.5. The zero-order valence-corrected chi connectivity index (χ0v) is 11.4. The molecule has 0 aliphatic carbocycles. The van der Waals surface area contributed by atoms with Crippen LogP contribution >= 0.6 is 11.6 Å². The van der Waals surface area contributed by atoms with Gasteiger partial charge in [0, 0.05) is 22.5 Å². The van der Waals surface area contributed by atoms with Crippen LogP contribution in [0.5, 0.6) is 5.75 Å². The monoisotopic (exact) mass is 294 g/mol. The molecular formula is C14H12ClFN2O2. The quantitative estimate of drug-likeness (QED) is 0.894. The highest BCUT2D eigenvalue weighted by Gasteiger charge is 2.05.